The highest BCUT2D eigenvalue weighted by Gasteiger charge is 2.22. The number of nitrogens with one attached hydrogen (secondary N) is 1. The predicted molar refractivity (Wildman–Crippen MR) is 170 cm³/mol. The molecule has 12 nitrogen and oxygen atoms in total. The van der Waals surface area contributed by atoms with E-state index in [-0.39, 0.29) is 24.7 Å². The van der Waals surface area contributed by atoms with Gasteiger partial charge in [0.1, 0.15) is 34.4 Å². The topological polar surface area (TPSA) is 175 Å². The summed E-state index contributed by atoms with van der Waals surface area (Å²) in [6.45, 7) is 1.88. The van der Waals surface area contributed by atoms with Gasteiger partial charge in [-0.15, -0.1) is 10.2 Å². The van der Waals surface area contributed by atoms with Crippen LogP contribution in [0.4, 0.5) is 34.1 Å². The lowest BCUT2D eigenvalue weighted by molar-refractivity contribution is 0.201. The molecule has 45 heavy (non-hydrogen) atoms. The molecule has 0 saturated carbocycles. The van der Waals surface area contributed by atoms with E-state index >= 15 is 0 Å². The summed E-state index contributed by atoms with van der Waals surface area (Å²) >= 11 is 0. The molecule has 0 spiro atoms. The number of benzene rings is 5. The van der Waals surface area contributed by atoms with Crippen LogP contribution in [0.2, 0.25) is 0 Å². The number of phenols is 1. The van der Waals surface area contributed by atoms with Crippen molar-refractivity contribution in [2.45, 2.75) is 11.8 Å². The maximum absolute atomic E-state index is 12.4. The van der Waals surface area contributed by atoms with Crippen molar-refractivity contribution in [3.05, 3.63) is 96.6 Å². The van der Waals surface area contributed by atoms with Gasteiger partial charge >= 0.3 is 0 Å². The Morgan fingerprint density at radius 3 is 2.24 bits per heavy atom. The van der Waals surface area contributed by atoms with E-state index in [0.717, 1.165) is 5.69 Å². The van der Waals surface area contributed by atoms with E-state index in [1.54, 1.807) is 61.5 Å². The molecule has 0 bridgehead atoms. The second-order valence-corrected chi connectivity index (χ2v) is 11.1. The lowest BCUT2D eigenvalue weighted by Crippen LogP contribution is -2.00. The number of aryl methyl sites for hydroxylation is 1. The van der Waals surface area contributed by atoms with Crippen molar-refractivity contribution in [2.24, 2.45) is 20.5 Å². The number of aliphatic hydroxyl groups excluding tert-OH is 1. The highest BCUT2D eigenvalue weighted by Crippen LogP contribution is 2.43. The second-order valence-electron chi connectivity index (χ2n) is 9.75. The largest absolute Gasteiger partial charge is 0.505 e. The van der Waals surface area contributed by atoms with Crippen molar-refractivity contribution in [1.82, 2.24) is 0 Å². The van der Waals surface area contributed by atoms with E-state index < -0.39 is 26.5 Å². The molecule has 5 aromatic rings. The number of anilines is 2. The first kappa shape index (κ1) is 31.1. The van der Waals surface area contributed by atoms with E-state index in [9.17, 15) is 18.1 Å². The number of hydrogen-bond donors (Lipinski definition) is 4. The lowest BCUT2D eigenvalue weighted by Gasteiger charge is -2.12. The molecule has 0 heterocycles. The predicted octanol–water partition coefficient (Wildman–Crippen LogP) is 8.05. The molecule has 0 aliphatic rings. The third-order valence-corrected chi connectivity index (χ3v) is 7.48. The molecule has 0 fully saturated rings. The molecular formula is C32H29N5O7S. The Hall–Kier alpha value is -5.37. The summed E-state index contributed by atoms with van der Waals surface area (Å²) in [5.41, 5.74) is 2.97. The fraction of sp³-hybridized carbons (Fsp3) is 0.125. The number of phenolic OH excluding ortho intramolecular Hbond substituents is 1. The zero-order chi connectivity index (χ0) is 32.0. The minimum absolute atomic E-state index is 0.0858. The minimum atomic E-state index is -4.81. The van der Waals surface area contributed by atoms with Crippen molar-refractivity contribution in [1.29, 1.82) is 0 Å². The van der Waals surface area contributed by atoms with E-state index in [0.29, 0.717) is 39.1 Å². The zero-order valence-corrected chi connectivity index (χ0v) is 25.1. The number of para-hydroxylation sites is 1. The Labute approximate surface area is 259 Å². The summed E-state index contributed by atoms with van der Waals surface area (Å²) in [6.07, 6.45) is 0. The van der Waals surface area contributed by atoms with Gasteiger partial charge in [-0.2, -0.15) is 18.6 Å². The maximum Gasteiger partial charge on any atom is 0.296 e. The summed E-state index contributed by atoms with van der Waals surface area (Å²) < 4.78 is 45.6. The molecule has 5 rings (SSSR count). The van der Waals surface area contributed by atoms with E-state index in [1.165, 1.54) is 13.2 Å². The average Bonchev–Trinajstić information content (AvgIpc) is 3.03. The Morgan fingerprint density at radius 1 is 0.822 bits per heavy atom. The quantitative estimate of drug-likeness (QED) is 0.0840. The van der Waals surface area contributed by atoms with Crippen LogP contribution in [0.1, 0.15) is 5.56 Å². The Bertz CT molecular complexity index is 2000. The highest BCUT2D eigenvalue weighted by atomic mass is 32.2. The number of methoxy groups -OCH3 is 1. The third kappa shape index (κ3) is 7.41. The minimum Gasteiger partial charge on any atom is -0.505 e. The second kappa shape index (κ2) is 13.5. The molecule has 0 atom stereocenters. The van der Waals surface area contributed by atoms with E-state index in [1.807, 2.05) is 30.3 Å². The Balaban J connectivity index is 1.46. The van der Waals surface area contributed by atoms with Gasteiger partial charge in [0.2, 0.25) is 0 Å². The highest BCUT2D eigenvalue weighted by molar-refractivity contribution is 7.86. The van der Waals surface area contributed by atoms with E-state index in [4.69, 9.17) is 14.6 Å². The Morgan fingerprint density at radius 2 is 1.56 bits per heavy atom. The number of hydrogen-bond acceptors (Lipinski definition) is 11. The molecule has 0 aromatic heterocycles. The van der Waals surface area contributed by atoms with Gasteiger partial charge in [0.25, 0.3) is 10.1 Å². The van der Waals surface area contributed by atoms with Crippen LogP contribution >= 0.6 is 0 Å². The molecule has 230 valence electrons. The summed E-state index contributed by atoms with van der Waals surface area (Å²) in [4.78, 5) is -0.609. The monoisotopic (exact) mass is 627 g/mol. The van der Waals surface area contributed by atoms with Gasteiger partial charge in [-0.3, -0.25) is 4.55 Å². The van der Waals surface area contributed by atoms with Crippen LogP contribution in [0.25, 0.3) is 10.8 Å². The molecule has 0 unspecified atom stereocenters. The van der Waals surface area contributed by atoms with Gasteiger partial charge in [0, 0.05) is 22.8 Å². The molecule has 5 aromatic carbocycles. The molecular weight excluding hydrogens is 598 g/mol. The van der Waals surface area contributed by atoms with Crippen LogP contribution in [0.5, 0.6) is 17.2 Å². The van der Waals surface area contributed by atoms with Crippen LogP contribution < -0.4 is 14.8 Å². The van der Waals surface area contributed by atoms with Crippen molar-refractivity contribution >= 4 is 55.0 Å². The van der Waals surface area contributed by atoms with Crippen molar-refractivity contribution in [2.75, 3.05) is 25.6 Å². The summed E-state index contributed by atoms with van der Waals surface area (Å²) in [7, 11) is -3.38. The number of rotatable bonds is 11. The van der Waals surface area contributed by atoms with Crippen molar-refractivity contribution in [3.63, 3.8) is 0 Å². The van der Waals surface area contributed by atoms with Crippen LogP contribution in [0.3, 0.4) is 0 Å². The lowest BCUT2D eigenvalue weighted by atomic mass is 10.1. The zero-order valence-electron chi connectivity index (χ0n) is 24.2. The molecule has 0 aliphatic heterocycles. The molecule has 0 amide bonds. The Kier molecular flexibility index (Phi) is 9.33. The fourth-order valence-electron chi connectivity index (χ4n) is 4.41. The number of fused-ring (bicyclic) bond motifs is 1. The molecule has 4 N–H and O–H groups in total. The van der Waals surface area contributed by atoms with Crippen LogP contribution in [-0.2, 0) is 10.1 Å². The number of aromatic hydroxyl groups is 1. The maximum atomic E-state index is 12.4. The number of azo groups is 2. The molecule has 0 radical (unpaired) electrons. The van der Waals surface area contributed by atoms with Gasteiger partial charge in [0.05, 0.1) is 25.1 Å². The van der Waals surface area contributed by atoms with Crippen LogP contribution in [0.15, 0.2) is 116 Å². The number of aliphatic hydroxyl groups is 1. The van der Waals surface area contributed by atoms with Gasteiger partial charge in [-0.25, -0.2) is 0 Å². The smallest absolute Gasteiger partial charge is 0.296 e. The first-order valence-electron chi connectivity index (χ1n) is 13.6. The van der Waals surface area contributed by atoms with Crippen LogP contribution in [-0.4, -0.2) is 43.5 Å². The SMILES string of the molecule is COc1cc(N=Nc2ccc(OCCO)cc2)c(C)cc1N=Nc1c(S(=O)(=O)O)cc2cc(Nc3ccccc3)ccc2c1O. The first-order chi connectivity index (χ1) is 21.7. The van der Waals surface area contributed by atoms with Crippen molar-refractivity contribution < 1.29 is 32.7 Å². The summed E-state index contributed by atoms with van der Waals surface area (Å²) in [5, 5.41) is 40.6. The van der Waals surface area contributed by atoms with Crippen LogP contribution in [0, 0.1) is 6.92 Å². The molecule has 13 heteroatoms. The standard InChI is InChI=1S/C32H29N5O7S/c1-20-16-28(29(43-2)19-27(20)35-34-23-8-11-25(12-9-23)44-15-14-38)36-37-31-30(45(40,41)42)18-21-17-24(10-13-26(21)32(31)39)33-22-6-4-3-5-7-22/h3-13,16-19,33,38-39H,14-15H2,1-2H3,(H,40,41,42). The number of ether oxygens (including phenoxy) is 2. The van der Waals surface area contributed by atoms with Gasteiger partial charge in [-0.1, -0.05) is 18.2 Å². The molecule has 0 aliphatic carbocycles. The van der Waals surface area contributed by atoms with Gasteiger partial charge in [0.15, 0.2) is 5.75 Å². The average molecular weight is 628 g/mol. The van der Waals surface area contributed by atoms with E-state index in [2.05, 4.69) is 25.8 Å². The van der Waals surface area contributed by atoms with Gasteiger partial charge < -0.3 is 25.0 Å². The van der Waals surface area contributed by atoms with Crippen molar-refractivity contribution in [3.8, 4) is 17.2 Å². The third-order valence-electron chi connectivity index (χ3n) is 6.62. The first-order valence-corrected chi connectivity index (χ1v) is 15.1. The number of nitrogens with zero attached hydrogens (tertiary/aromatic N) is 4. The van der Waals surface area contributed by atoms with Gasteiger partial charge in [-0.05, 0) is 84.6 Å². The summed E-state index contributed by atoms with van der Waals surface area (Å²) in [5.74, 6) is 0.385. The summed E-state index contributed by atoms with van der Waals surface area (Å²) in [6, 6.07) is 25.7. The fourth-order valence-corrected chi connectivity index (χ4v) is 5.07. The normalized spacial score (nSPS) is 11.8. The molecule has 0 saturated heterocycles.